The van der Waals surface area contributed by atoms with Gasteiger partial charge in [0.2, 0.25) is 0 Å². The maximum Gasteiger partial charge on any atom is 0.134 e. The van der Waals surface area contributed by atoms with E-state index in [0.717, 1.165) is 37.3 Å². The highest BCUT2D eigenvalue weighted by Gasteiger charge is 2.44. The van der Waals surface area contributed by atoms with Crippen LogP contribution in [0.4, 0.5) is 0 Å². The minimum atomic E-state index is -0.769. The second-order valence-electron chi connectivity index (χ2n) is 7.52. The number of rotatable bonds is 11. The summed E-state index contributed by atoms with van der Waals surface area (Å²) in [5.74, 6) is 0. The molecule has 0 fully saturated rings. The first-order chi connectivity index (χ1) is 14.6. The lowest BCUT2D eigenvalue weighted by Crippen LogP contribution is -2.49. The second-order valence-corrected chi connectivity index (χ2v) is 7.52. The topological polar surface area (TPSA) is 54.1 Å². The van der Waals surface area contributed by atoms with Crippen LogP contribution in [0.1, 0.15) is 51.7 Å². The van der Waals surface area contributed by atoms with Crippen LogP contribution in [0.2, 0.25) is 0 Å². The van der Waals surface area contributed by atoms with Crippen LogP contribution in [0.3, 0.4) is 0 Å². The van der Waals surface area contributed by atoms with Crippen LogP contribution < -0.4 is 0 Å². The molecule has 0 bridgehead atoms. The minimum absolute atomic E-state index is 0.578. The van der Waals surface area contributed by atoms with Crippen LogP contribution in [0, 0.1) is 22.7 Å². The molecule has 0 N–H and O–H groups in total. The molecule has 0 saturated heterocycles. The van der Waals surface area contributed by atoms with Crippen LogP contribution in [0.15, 0.2) is 60.7 Å². The van der Waals surface area contributed by atoms with Gasteiger partial charge < -0.3 is 0 Å². The Bertz CT molecular complexity index is 771. The third kappa shape index (κ3) is 4.41. The lowest BCUT2D eigenvalue weighted by molar-refractivity contribution is 0.0915. The Balaban J connectivity index is 2.58. The first-order valence-corrected chi connectivity index (χ1v) is 11.0. The summed E-state index contributed by atoms with van der Waals surface area (Å²) in [6, 6.07) is 25.4. The monoisotopic (exact) mass is 402 g/mol. The standard InChI is InChI=1S/C26H34N4/c1-5-29(6-2)25(21-27,23-15-11-9-12-16-23)19-20-26(22-28,30(7-3)8-4)24-17-13-10-14-18-24/h9-18H,5-8,19-20H2,1-4H3. The Hall–Kier alpha value is -2.66. The fraction of sp³-hybridized carbons (Fsp3) is 0.462. The van der Waals surface area contributed by atoms with Gasteiger partial charge >= 0.3 is 0 Å². The minimum Gasteiger partial charge on any atom is -0.282 e. The van der Waals surface area contributed by atoms with Gasteiger partial charge in [-0.05, 0) is 50.1 Å². The van der Waals surface area contributed by atoms with Crippen molar-refractivity contribution in [2.24, 2.45) is 0 Å². The van der Waals surface area contributed by atoms with Gasteiger partial charge in [-0.3, -0.25) is 9.80 Å². The molecule has 30 heavy (non-hydrogen) atoms. The van der Waals surface area contributed by atoms with Crippen molar-refractivity contribution in [1.82, 2.24) is 9.80 Å². The summed E-state index contributed by atoms with van der Waals surface area (Å²) in [5.41, 5.74) is 0.454. The summed E-state index contributed by atoms with van der Waals surface area (Å²) in [6.45, 7) is 11.5. The SMILES string of the molecule is CCN(CC)C(C#N)(CCC(C#N)(c1ccccc1)N(CC)CC)c1ccccc1. The van der Waals surface area contributed by atoms with E-state index in [4.69, 9.17) is 0 Å². The zero-order chi connectivity index (χ0) is 22.0. The normalized spacial score (nSPS) is 15.2. The Morgan fingerprint density at radius 1 is 0.600 bits per heavy atom. The molecule has 2 rings (SSSR count). The van der Waals surface area contributed by atoms with Gasteiger partial charge in [0.25, 0.3) is 0 Å². The maximum absolute atomic E-state index is 10.5. The van der Waals surface area contributed by atoms with E-state index in [0.29, 0.717) is 12.8 Å². The van der Waals surface area contributed by atoms with Gasteiger partial charge in [-0.15, -0.1) is 0 Å². The molecule has 0 aliphatic rings. The van der Waals surface area contributed by atoms with E-state index < -0.39 is 11.1 Å². The number of benzene rings is 2. The van der Waals surface area contributed by atoms with Gasteiger partial charge in [0, 0.05) is 0 Å². The summed E-state index contributed by atoms with van der Waals surface area (Å²) in [7, 11) is 0. The summed E-state index contributed by atoms with van der Waals surface area (Å²) in [4.78, 5) is 4.44. The molecule has 0 amide bonds. The molecule has 0 aromatic heterocycles. The molecule has 0 saturated carbocycles. The molecule has 2 atom stereocenters. The van der Waals surface area contributed by atoms with Crippen LogP contribution in [-0.4, -0.2) is 36.0 Å². The van der Waals surface area contributed by atoms with Crippen molar-refractivity contribution < 1.29 is 0 Å². The van der Waals surface area contributed by atoms with Gasteiger partial charge in [-0.25, -0.2) is 0 Å². The van der Waals surface area contributed by atoms with Gasteiger partial charge in [0.05, 0.1) is 12.1 Å². The van der Waals surface area contributed by atoms with Gasteiger partial charge in [-0.2, -0.15) is 10.5 Å². The fourth-order valence-corrected chi connectivity index (χ4v) is 4.67. The third-order valence-electron chi connectivity index (χ3n) is 6.33. The molecule has 0 aliphatic heterocycles. The van der Waals surface area contributed by atoms with Crippen LogP contribution in [-0.2, 0) is 11.1 Å². The van der Waals surface area contributed by atoms with Crippen molar-refractivity contribution in [1.29, 1.82) is 10.5 Å². The first kappa shape index (κ1) is 23.6. The lowest BCUT2D eigenvalue weighted by Gasteiger charge is -2.43. The van der Waals surface area contributed by atoms with Crippen molar-refractivity contribution in [2.75, 3.05) is 26.2 Å². The second kappa shape index (κ2) is 10.9. The molecule has 2 unspecified atom stereocenters. The zero-order valence-corrected chi connectivity index (χ0v) is 18.8. The van der Waals surface area contributed by atoms with Crippen molar-refractivity contribution >= 4 is 0 Å². The number of hydrogen-bond acceptors (Lipinski definition) is 4. The highest BCUT2D eigenvalue weighted by atomic mass is 15.2. The van der Waals surface area contributed by atoms with Gasteiger partial charge in [0.15, 0.2) is 0 Å². The molecule has 2 aromatic carbocycles. The van der Waals surface area contributed by atoms with E-state index in [9.17, 15) is 10.5 Å². The highest BCUT2D eigenvalue weighted by Crippen LogP contribution is 2.40. The maximum atomic E-state index is 10.5. The number of nitrogens with zero attached hydrogens (tertiary/aromatic N) is 4. The summed E-state index contributed by atoms with van der Waals surface area (Å²) in [5, 5.41) is 20.9. The van der Waals surface area contributed by atoms with Crippen molar-refractivity contribution in [2.45, 2.75) is 51.6 Å². The van der Waals surface area contributed by atoms with Gasteiger partial charge in [-0.1, -0.05) is 88.4 Å². The average Bonchev–Trinajstić information content (AvgIpc) is 2.82. The molecule has 2 aromatic rings. The lowest BCUT2D eigenvalue weighted by atomic mass is 9.77. The zero-order valence-electron chi connectivity index (χ0n) is 18.8. The van der Waals surface area contributed by atoms with E-state index in [2.05, 4.69) is 49.6 Å². The number of hydrogen-bond donors (Lipinski definition) is 0. The Morgan fingerprint density at radius 2 is 0.900 bits per heavy atom. The predicted molar refractivity (Wildman–Crippen MR) is 123 cm³/mol. The van der Waals surface area contributed by atoms with E-state index in [1.165, 1.54) is 0 Å². The summed E-state index contributed by atoms with van der Waals surface area (Å²) in [6.07, 6.45) is 1.16. The van der Waals surface area contributed by atoms with E-state index in [1.54, 1.807) is 0 Å². The molecule has 4 heteroatoms. The molecule has 4 nitrogen and oxygen atoms in total. The summed E-state index contributed by atoms with van der Waals surface area (Å²) >= 11 is 0. The largest absolute Gasteiger partial charge is 0.282 e. The van der Waals surface area contributed by atoms with Crippen LogP contribution >= 0.6 is 0 Å². The third-order valence-corrected chi connectivity index (χ3v) is 6.33. The summed E-state index contributed by atoms with van der Waals surface area (Å²) < 4.78 is 0. The van der Waals surface area contributed by atoms with E-state index in [1.807, 2.05) is 60.7 Å². The van der Waals surface area contributed by atoms with Crippen molar-refractivity contribution in [3.05, 3.63) is 71.8 Å². The Morgan fingerprint density at radius 3 is 1.13 bits per heavy atom. The first-order valence-electron chi connectivity index (χ1n) is 11.0. The molecular weight excluding hydrogens is 368 g/mol. The molecule has 0 radical (unpaired) electrons. The average molecular weight is 403 g/mol. The van der Waals surface area contributed by atoms with Crippen molar-refractivity contribution in [3.8, 4) is 12.1 Å². The molecule has 158 valence electrons. The number of nitriles is 2. The molecule has 0 heterocycles. The Labute approximate surface area is 182 Å². The highest BCUT2D eigenvalue weighted by molar-refractivity contribution is 5.35. The van der Waals surface area contributed by atoms with Crippen molar-refractivity contribution in [3.63, 3.8) is 0 Å². The smallest absolute Gasteiger partial charge is 0.134 e. The van der Waals surface area contributed by atoms with Crippen LogP contribution in [0.25, 0.3) is 0 Å². The molecule has 0 spiro atoms. The molecular formula is C26H34N4. The Kier molecular flexibility index (Phi) is 8.60. The quantitative estimate of drug-likeness (QED) is 0.512. The van der Waals surface area contributed by atoms with Crippen LogP contribution in [0.5, 0.6) is 0 Å². The predicted octanol–water partition coefficient (Wildman–Crippen LogP) is 5.29. The van der Waals surface area contributed by atoms with E-state index in [-0.39, 0.29) is 0 Å². The fourth-order valence-electron chi connectivity index (χ4n) is 4.67. The molecule has 0 aliphatic carbocycles. The van der Waals surface area contributed by atoms with Gasteiger partial charge in [0.1, 0.15) is 11.1 Å². The van der Waals surface area contributed by atoms with E-state index >= 15 is 0 Å².